The number of anilines is 1. The van der Waals surface area contributed by atoms with Crippen LogP contribution in [0.25, 0.3) is 0 Å². The molecule has 0 aromatic carbocycles. The van der Waals surface area contributed by atoms with Gasteiger partial charge in [0.25, 0.3) is 0 Å². The molecule has 3 heteroatoms. The Morgan fingerprint density at radius 2 is 2.36 bits per heavy atom. The third-order valence-electron chi connectivity index (χ3n) is 2.84. The molecule has 1 aromatic rings. The van der Waals surface area contributed by atoms with E-state index in [1.807, 2.05) is 6.20 Å². The third-order valence-corrected chi connectivity index (χ3v) is 3.28. The van der Waals surface area contributed by atoms with E-state index < -0.39 is 0 Å². The Morgan fingerprint density at radius 1 is 1.50 bits per heavy atom. The van der Waals surface area contributed by atoms with Crippen LogP contribution in [0.15, 0.2) is 22.9 Å². The number of rotatable bonds is 1. The minimum atomic E-state index is 0.665. The van der Waals surface area contributed by atoms with Gasteiger partial charge in [-0.15, -0.1) is 0 Å². The molecule has 2 nitrogen and oxygen atoms in total. The minimum absolute atomic E-state index is 0.665. The Morgan fingerprint density at radius 3 is 3.07 bits per heavy atom. The summed E-state index contributed by atoms with van der Waals surface area (Å²) in [5.41, 5.74) is 1.29. The number of hydrogen-bond donors (Lipinski definition) is 0. The van der Waals surface area contributed by atoms with Gasteiger partial charge < -0.3 is 4.90 Å². The third kappa shape index (κ3) is 2.08. The summed E-state index contributed by atoms with van der Waals surface area (Å²) in [6.45, 7) is 3.48. The lowest BCUT2D eigenvalue weighted by molar-refractivity contribution is 0.484. The largest absolute Gasteiger partial charge is 0.369 e. The summed E-state index contributed by atoms with van der Waals surface area (Å²) in [5.74, 6) is 0. The molecule has 14 heavy (non-hydrogen) atoms. The van der Waals surface area contributed by atoms with E-state index in [4.69, 9.17) is 0 Å². The molecule has 0 bridgehead atoms. The topological polar surface area (TPSA) is 16.1 Å². The van der Waals surface area contributed by atoms with Gasteiger partial charge in [-0.1, -0.05) is 0 Å². The summed E-state index contributed by atoms with van der Waals surface area (Å²) in [7, 11) is 0. The Balaban J connectivity index is 2.20. The molecule has 0 radical (unpaired) electrons. The van der Waals surface area contributed by atoms with Gasteiger partial charge in [0.2, 0.25) is 0 Å². The smallest absolute Gasteiger partial charge is 0.108 e. The molecule has 76 valence electrons. The van der Waals surface area contributed by atoms with E-state index in [9.17, 15) is 0 Å². The van der Waals surface area contributed by atoms with E-state index in [0.29, 0.717) is 6.04 Å². The number of piperidine rings is 1. The molecule has 1 atom stereocenters. The molecule has 1 fully saturated rings. The van der Waals surface area contributed by atoms with E-state index in [0.717, 1.165) is 4.60 Å². The van der Waals surface area contributed by atoms with Crippen molar-refractivity contribution < 1.29 is 0 Å². The number of hydrogen-bond acceptors (Lipinski definition) is 2. The van der Waals surface area contributed by atoms with E-state index in [-0.39, 0.29) is 0 Å². The number of nitrogens with zero attached hydrogens (tertiary/aromatic N) is 2. The van der Waals surface area contributed by atoms with Crippen molar-refractivity contribution in [3.8, 4) is 0 Å². The zero-order valence-corrected chi connectivity index (χ0v) is 10.00. The van der Waals surface area contributed by atoms with Crippen LogP contribution >= 0.6 is 15.9 Å². The summed E-state index contributed by atoms with van der Waals surface area (Å²) in [6.07, 6.45) is 5.84. The van der Waals surface area contributed by atoms with E-state index in [2.05, 4.69) is 44.9 Å². The molecular formula is C11H15BrN2. The fraction of sp³-hybridized carbons (Fsp3) is 0.545. The van der Waals surface area contributed by atoms with Crippen molar-refractivity contribution in [2.45, 2.75) is 32.2 Å². The number of aromatic nitrogens is 1. The van der Waals surface area contributed by atoms with Gasteiger partial charge in [-0.05, 0) is 54.2 Å². The van der Waals surface area contributed by atoms with Crippen molar-refractivity contribution in [2.24, 2.45) is 0 Å². The van der Waals surface area contributed by atoms with Gasteiger partial charge in [0.05, 0.1) is 0 Å². The van der Waals surface area contributed by atoms with Gasteiger partial charge in [0.1, 0.15) is 4.60 Å². The molecule has 1 aliphatic rings. The lowest BCUT2D eigenvalue weighted by atomic mass is 10.0. The zero-order chi connectivity index (χ0) is 9.97. The van der Waals surface area contributed by atoms with Crippen LogP contribution in [0, 0.1) is 0 Å². The maximum absolute atomic E-state index is 4.15. The summed E-state index contributed by atoms with van der Waals surface area (Å²) in [4.78, 5) is 6.62. The fourth-order valence-electron chi connectivity index (χ4n) is 2.05. The average Bonchev–Trinajstić information content (AvgIpc) is 2.18. The molecule has 1 saturated heterocycles. The SMILES string of the molecule is C[C@@H]1CCCCN1c1ccnc(Br)c1. The first-order valence-corrected chi connectivity index (χ1v) is 5.95. The average molecular weight is 255 g/mol. The summed E-state index contributed by atoms with van der Waals surface area (Å²) < 4.78 is 0.924. The Hall–Kier alpha value is -0.570. The van der Waals surface area contributed by atoms with Gasteiger partial charge in [-0.3, -0.25) is 0 Å². The highest BCUT2D eigenvalue weighted by atomic mass is 79.9. The van der Waals surface area contributed by atoms with Gasteiger partial charge >= 0.3 is 0 Å². The first-order valence-electron chi connectivity index (χ1n) is 5.15. The van der Waals surface area contributed by atoms with E-state index >= 15 is 0 Å². The molecular weight excluding hydrogens is 240 g/mol. The van der Waals surface area contributed by atoms with E-state index in [1.54, 1.807) is 0 Å². The first kappa shape index (κ1) is 9.97. The second kappa shape index (κ2) is 4.30. The molecule has 2 rings (SSSR count). The van der Waals surface area contributed by atoms with E-state index in [1.165, 1.54) is 31.5 Å². The van der Waals surface area contributed by atoms with Gasteiger partial charge in [0.15, 0.2) is 0 Å². The van der Waals surface area contributed by atoms with Gasteiger partial charge in [-0.25, -0.2) is 4.98 Å². The predicted octanol–water partition coefficient (Wildman–Crippen LogP) is 3.22. The molecule has 0 saturated carbocycles. The summed E-state index contributed by atoms with van der Waals surface area (Å²) in [6, 6.07) is 4.85. The summed E-state index contributed by atoms with van der Waals surface area (Å²) >= 11 is 3.41. The molecule has 0 N–H and O–H groups in total. The normalized spacial score (nSPS) is 22.4. The predicted molar refractivity (Wildman–Crippen MR) is 62.6 cm³/mol. The highest BCUT2D eigenvalue weighted by Crippen LogP contribution is 2.25. The minimum Gasteiger partial charge on any atom is -0.369 e. The maximum atomic E-state index is 4.15. The van der Waals surface area contributed by atoms with Crippen LogP contribution < -0.4 is 4.90 Å². The van der Waals surface area contributed by atoms with Crippen molar-refractivity contribution in [3.05, 3.63) is 22.9 Å². The number of pyridine rings is 1. The monoisotopic (exact) mass is 254 g/mol. The highest BCUT2D eigenvalue weighted by Gasteiger charge is 2.18. The summed E-state index contributed by atoms with van der Waals surface area (Å²) in [5, 5.41) is 0. The van der Waals surface area contributed by atoms with Crippen molar-refractivity contribution in [1.82, 2.24) is 4.98 Å². The van der Waals surface area contributed by atoms with Crippen molar-refractivity contribution in [3.63, 3.8) is 0 Å². The quantitative estimate of drug-likeness (QED) is 0.716. The Kier molecular flexibility index (Phi) is 3.06. The molecule has 0 amide bonds. The first-order chi connectivity index (χ1) is 6.77. The van der Waals surface area contributed by atoms with Crippen LogP contribution in [-0.2, 0) is 0 Å². The maximum Gasteiger partial charge on any atom is 0.108 e. The standard InChI is InChI=1S/C11H15BrN2/c1-9-4-2-3-7-14(9)10-5-6-13-11(12)8-10/h5-6,8-9H,2-4,7H2,1H3/t9-/m1/s1. The molecule has 0 spiro atoms. The lowest BCUT2D eigenvalue weighted by Gasteiger charge is -2.35. The molecule has 1 aromatic heterocycles. The second-order valence-corrected chi connectivity index (χ2v) is 4.69. The zero-order valence-electron chi connectivity index (χ0n) is 8.41. The fourth-order valence-corrected chi connectivity index (χ4v) is 2.41. The molecule has 0 unspecified atom stereocenters. The van der Waals surface area contributed by atoms with Gasteiger partial charge in [0, 0.05) is 24.5 Å². The van der Waals surface area contributed by atoms with Crippen molar-refractivity contribution >= 4 is 21.6 Å². The Bertz CT molecular complexity index is 314. The molecule has 2 heterocycles. The van der Waals surface area contributed by atoms with Crippen LogP contribution in [0.1, 0.15) is 26.2 Å². The van der Waals surface area contributed by atoms with Crippen LogP contribution in [0.2, 0.25) is 0 Å². The number of halogens is 1. The lowest BCUT2D eigenvalue weighted by Crippen LogP contribution is -2.37. The van der Waals surface area contributed by atoms with Crippen LogP contribution in [-0.4, -0.2) is 17.6 Å². The highest BCUT2D eigenvalue weighted by molar-refractivity contribution is 9.10. The van der Waals surface area contributed by atoms with Crippen LogP contribution in [0.4, 0.5) is 5.69 Å². The molecule has 1 aliphatic heterocycles. The van der Waals surface area contributed by atoms with Gasteiger partial charge in [-0.2, -0.15) is 0 Å². The van der Waals surface area contributed by atoms with Crippen molar-refractivity contribution in [2.75, 3.05) is 11.4 Å². The Labute approximate surface area is 93.5 Å². The molecule has 0 aliphatic carbocycles. The van der Waals surface area contributed by atoms with Crippen LogP contribution in [0.3, 0.4) is 0 Å². The van der Waals surface area contributed by atoms with Crippen LogP contribution in [0.5, 0.6) is 0 Å². The second-order valence-electron chi connectivity index (χ2n) is 3.87. The van der Waals surface area contributed by atoms with Crippen molar-refractivity contribution in [1.29, 1.82) is 0 Å².